The van der Waals surface area contributed by atoms with Gasteiger partial charge < -0.3 is 10.1 Å². The maximum atomic E-state index is 12.6. The van der Waals surface area contributed by atoms with Crippen LogP contribution in [0.1, 0.15) is 51.9 Å². The summed E-state index contributed by atoms with van der Waals surface area (Å²) in [5.41, 5.74) is 0.601. The van der Waals surface area contributed by atoms with Crippen LogP contribution in [-0.4, -0.2) is 18.0 Å². The maximum absolute atomic E-state index is 12.6. The number of esters is 1. The summed E-state index contributed by atoms with van der Waals surface area (Å²) in [5.74, 6) is 1.72. The van der Waals surface area contributed by atoms with Crippen LogP contribution >= 0.6 is 23.2 Å². The van der Waals surface area contributed by atoms with Gasteiger partial charge in [0.25, 0.3) is 5.91 Å². The summed E-state index contributed by atoms with van der Waals surface area (Å²) in [6, 6.07) is 4.80. The first-order chi connectivity index (χ1) is 12.8. The SMILES string of the molecule is CC(OC(=O)CC12CC3CC(CC(C3)C1)C2)C(=O)Nc1cc(Cl)cc(Cl)c1. The van der Waals surface area contributed by atoms with E-state index in [1.807, 2.05) is 0 Å². The Hall–Kier alpha value is -1.26. The molecule has 0 spiro atoms. The molecule has 1 aromatic rings. The zero-order chi connectivity index (χ0) is 19.2. The molecule has 4 saturated carbocycles. The van der Waals surface area contributed by atoms with Crippen molar-refractivity contribution >= 4 is 40.8 Å². The van der Waals surface area contributed by atoms with Crippen molar-refractivity contribution in [2.45, 2.75) is 58.0 Å². The third kappa shape index (κ3) is 4.27. The van der Waals surface area contributed by atoms with Crippen LogP contribution in [0.3, 0.4) is 0 Å². The molecule has 1 unspecified atom stereocenters. The van der Waals surface area contributed by atoms with Crippen LogP contribution in [0.5, 0.6) is 0 Å². The van der Waals surface area contributed by atoms with Gasteiger partial charge in [0, 0.05) is 15.7 Å². The second-order valence-electron chi connectivity index (χ2n) is 8.87. The molecule has 1 atom stereocenters. The van der Waals surface area contributed by atoms with Crippen LogP contribution in [0.2, 0.25) is 10.0 Å². The van der Waals surface area contributed by atoms with Gasteiger partial charge in [0.1, 0.15) is 0 Å². The summed E-state index contributed by atoms with van der Waals surface area (Å²) < 4.78 is 5.47. The van der Waals surface area contributed by atoms with Crippen LogP contribution in [-0.2, 0) is 14.3 Å². The number of benzene rings is 1. The van der Waals surface area contributed by atoms with Gasteiger partial charge in [-0.2, -0.15) is 0 Å². The van der Waals surface area contributed by atoms with Crippen molar-refractivity contribution in [2.24, 2.45) is 23.2 Å². The number of amides is 1. The third-order valence-electron chi connectivity index (χ3n) is 6.49. The van der Waals surface area contributed by atoms with Crippen molar-refractivity contribution in [3.63, 3.8) is 0 Å². The first-order valence-electron chi connectivity index (χ1n) is 9.77. The van der Waals surface area contributed by atoms with E-state index in [0.717, 1.165) is 37.0 Å². The first-order valence-corrected chi connectivity index (χ1v) is 10.5. The lowest BCUT2D eigenvalue weighted by Gasteiger charge is -2.56. The Bertz CT molecular complexity index is 708. The van der Waals surface area contributed by atoms with Gasteiger partial charge in [0.05, 0.1) is 6.42 Å². The zero-order valence-electron chi connectivity index (χ0n) is 15.5. The molecule has 5 rings (SSSR count). The van der Waals surface area contributed by atoms with Crippen molar-refractivity contribution < 1.29 is 14.3 Å². The zero-order valence-corrected chi connectivity index (χ0v) is 17.0. The number of anilines is 1. The monoisotopic (exact) mass is 409 g/mol. The Morgan fingerprint density at radius 3 is 2.11 bits per heavy atom. The number of hydrogen-bond acceptors (Lipinski definition) is 3. The fraction of sp³-hybridized carbons (Fsp3) is 0.619. The Balaban J connectivity index is 1.33. The van der Waals surface area contributed by atoms with Gasteiger partial charge in [0.15, 0.2) is 6.10 Å². The molecule has 0 saturated heterocycles. The Kier molecular flexibility index (Phi) is 5.15. The van der Waals surface area contributed by atoms with Gasteiger partial charge in [-0.1, -0.05) is 23.2 Å². The molecule has 1 amide bonds. The Morgan fingerprint density at radius 2 is 1.59 bits per heavy atom. The molecule has 0 aliphatic heterocycles. The Morgan fingerprint density at radius 1 is 1.07 bits per heavy atom. The average Bonchev–Trinajstić information content (AvgIpc) is 2.51. The van der Waals surface area contributed by atoms with E-state index in [-0.39, 0.29) is 17.3 Å². The summed E-state index contributed by atoms with van der Waals surface area (Å²) in [7, 11) is 0. The van der Waals surface area contributed by atoms with Crippen molar-refractivity contribution in [1.82, 2.24) is 0 Å². The third-order valence-corrected chi connectivity index (χ3v) is 6.93. The van der Waals surface area contributed by atoms with E-state index >= 15 is 0 Å². The number of carbonyl (C=O) groups excluding carboxylic acids is 2. The summed E-state index contributed by atoms with van der Waals surface area (Å²) in [5, 5.41) is 3.57. The lowest BCUT2D eigenvalue weighted by molar-refractivity contribution is -0.160. The van der Waals surface area contributed by atoms with Crippen LogP contribution in [0.4, 0.5) is 5.69 Å². The highest BCUT2D eigenvalue weighted by Crippen LogP contribution is 2.61. The second kappa shape index (κ2) is 7.29. The largest absolute Gasteiger partial charge is 0.453 e. The predicted molar refractivity (Wildman–Crippen MR) is 106 cm³/mol. The van der Waals surface area contributed by atoms with E-state index in [9.17, 15) is 9.59 Å². The molecular weight excluding hydrogens is 385 g/mol. The normalized spacial score (nSPS) is 32.2. The lowest BCUT2D eigenvalue weighted by Crippen LogP contribution is -2.47. The van der Waals surface area contributed by atoms with Crippen molar-refractivity contribution in [3.05, 3.63) is 28.2 Å². The molecule has 6 heteroatoms. The molecule has 0 heterocycles. The molecule has 146 valence electrons. The van der Waals surface area contributed by atoms with Gasteiger partial charge in [-0.15, -0.1) is 0 Å². The average molecular weight is 410 g/mol. The smallest absolute Gasteiger partial charge is 0.307 e. The fourth-order valence-electron chi connectivity index (χ4n) is 5.97. The molecular formula is C21H25Cl2NO3. The molecule has 4 aliphatic rings. The van der Waals surface area contributed by atoms with E-state index in [4.69, 9.17) is 27.9 Å². The van der Waals surface area contributed by atoms with Gasteiger partial charge >= 0.3 is 5.97 Å². The van der Waals surface area contributed by atoms with Crippen LogP contribution in [0.15, 0.2) is 18.2 Å². The second-order valence-corrected chi connectivity index (χ2v) is 9.75. The van der Waals surface area contributed by atoms with Crippen LogP contribution in [0.25, 0.3) is 0 Å². The molecule has 4 bridgehead atoms. The highest BCUT2D eigenvalue weighted by molar-refractivity contribution is 6.35. The fourth-order valence-corrected chi connectivity index (χ4v) is 6.50. The highest BCUT2D eigenvalue weighted by atomic mass is 35.5. The van der Waals surface area contributed by atoms with Crippen molar-refractivity contribution in [2.75, 3.05) is 5.32 Å². The topological polar surface area (TPSA) is 55.4 Å². The minimum absolute atomic E-state index is 0.114. The molecule has 0 aromatic heterocycles. The van der Waals surface area contributed by atoms with E-state index in [0.29, 0.717) is 22.2 Å². The maximum Gasteiger partial charge on any atom is 0.307 e. The number of hydrogen-bond donors (Lipinski definition) is 1. The minimum Gasteiger partial charge on any atom is -0.453 e. The molecule has 1 N–H and O–H groups in total. The molecule has 27 heavy (non-hydrogen) atoms. The minimum atomic E-state index is -0.857. The van der Waals surface area contributed by atoms with Gasteiger partial charge in [-0.3, -0.25) is 9.59 Å². The van der Waals surface area contributed by atoms with Crippen molar-refractivity contribution in [3.8, 4) is 0 Å². The highest BCUT2D eigenvalue weighted by Gasteiger charge is 2.51. The summed E-state index contributed by atoms with van der Waals surface area (Å²) >= 11 is 11.9. The first kappa shape index (κ1) is 19.1. The summed E-state index contributed by atoms with van der Waals surface area (Å²) in [6.45, 7) is 1.60. The van der Waals surface area contributed by atoms with E-state index in [1.165, 1.54) is 19.3 Å². The summed E-state index contributed by atoms with van der Waals surface area (Å²) in [4.78, 5) is 24.9. The molecule has 4 fully saturated rings. The number of halogens is 2. The van der Waals surface area contributed by atoms with Gasteiger partial charge in [0.2, 0.25) is 0 Å². The lowest BCUT2D eigenvalue weighted by atomic mass is 9.49. The van der Waals surface area contributed by atoms with Crippen LogP contribution < -0.4 is 5.32 Å². The van der Waals surface area contributed by atoms with E-state index < -0.39 is 6.10 Å². The number of nitrogens with one attached hydrogen (secondary N) is 1. The number of carbonyl (C=O) groups is 2. The van der Waals surface area contributed by atoms with Crippen molar-refractivity contribution in [1.29, 1.82) is 0 Å². The molecule has 0 radical (unpaired) electrons. The van der Waals surface area contributed by atoms with Gasteiger partial charge in [-0.25, -0.2) is 0 Å². The molecule has 4 nitrogen and oxygen atoms in total. The molecule has 1 aromatic carbocycles. The Labute approximate surface area is 169 Å². The van der Waals surface area contributed by atoms with Crippen LogP contribution in [0, 0.1) is 23.2 Å². The predicted octanol–water partition coefficient (Wildman–Crippen LogP) is 5.47. The molecule has 4 aliphatic carbocycles. The quantitative estimate of drug-likeness (QED) is 0.655. The van der Waals surface area contributed by atoms with Gasteiger partial charge in [-0.05, 0) is 86.8 Å². The number of ether oxygens (including phenoxy) is 1. The summed E-state index contributed by atoms with van der Waals surface area (Å²) in [6.07, 6.45) is 7.06. The van der Waals surface area contributed by atoms with E-state index in [1.54, 1.807) is 25.1 Å². The van der Waals surface area contributed by atoms with E-state index in [2.05, 4.69) is 5.32 Å². The standard InChI is InChI=1S/C21H25Cl2NO3/c1-12(20(26)24-18-6-16(22)5-17(23)7-18)27-19(25)11-21-8-13-2-14(9-21)4-15(3-13)10-21/h5-7,12-15H,2-4,8-11H2,1H3,(H,24,26). The number of rotatable bonds is 5.